The zero-order chi connectivity index (χ0) is 13.6. The lowest BCUT2D eigenvalue weighted by Gasteiger charge is -2.21. The molecule has 20 heavy (non-hydrogen) atoms. The second kappa shape index (κ2) is 6.20. The van der Waals surface area contributed by atoms with Gasteiger partial charge in [0.25, 0.3) is 0 Å². The molecule has 0 radical (unpaired) electrons. The lowest BCUT2D eigenvalue weighted by Crippen LogP contribution is -2.24. The topological polar surface area (TPSA) is 15.6 Å². The van der Waals surface area contributed by atoms with Gasteiger partial charge in [-0.3, -0.25) is 5.01 Å². The monoisotopic (exact) mass is 262 g/mol. The van der Waals surface area contributed by atoms with Crippen molar-refractivity contribution >= 4 is 5.71 Å². The largest absolute Gasteiger partial charge is 0.292 e. The van der Waals surface area contributed by atoms with E-state index in [0.29, 0.717) is 0 Å². The molecule has 1 aliphatic heterocycles. The number of nitrogens with zero attached hydrogens (tertiary/aromatic N) is 2. The molecular formula is C18H18N2. The summed E-state index contributed by atoms with van der Waals surface area (Å²) in [6.07, 6.45) is 5.47. The molecule has 0 fully saturated rings. The molecule has 0 N–H and O–H groups in total. The first-order valence-electron chi connectivity index (χ1n) is 7.03. The van der Waals surface area contributed by atoms with E-state index < -0.39 is 0 Å². The Balaban J connectivity index is 2.00. The van der Waals surface area contributed by atoms with Gasteiger partial charge < -0.3 is 0 Å². The first-order chi connectivity index (χ1) is 9.93. The normalized spacial score (nSPS) is 14.1. The predicted molar refractivity (Wildman–Crippen MR) is 83.9 cm³/mol. The minimum atomic E-state index is 0.892. The van der Waals surface area contributed by atoms with Crippen LogP contribution in [0.25, 0.3) is 0 Å². The van der Waals surface area contributed by atoms with Crippen LogP contribution < -0.4 is 0 Å². The highest BCUT2D eigenvalue weighted by atomic mass is 15.4. The van der Waals surface area contributed by atoms with Crippen molar-refractivity contribution in [2.24, 2.45) is 5.10 Å². The van der Waals surface area contributed by atoms with Gasteiger partial charge >= 0.3 is 0 Å². The number of hydrogen-bond acceptors (Lipinski definition) is 2. The standard InChI is InChI=1S/C18H18N2/c1-4-10-16(11-5-1)18(17-12-6-2-7-13-17)19-20-14-8-3-9-15-20/h1-8,10-13H,9,14-15H2. The van der Waals surface area contributed by atoms with Crippen LogP contribution >= 0.6 is 0 Å². The molecule has 2 aromatic carbocycles. The summed E-state index contributed by atoms with van der Waals surface area (Å²) in [4.78, 5) is 0. The van der Waals surface area contributed by atoms with Gasteiger partial charge in [0.15, 0.2) is 0 Å². The summed E-state index contributed by atoms with van der Waals surface area (Å²) >= 11 is 0. The number of hydrogen-bond donors (Lipinski definition) is 0. The summed E-state index contributed by atoms with van der Waals surface area (Å²) in [6.45, 7) is 1.88. The minimum absolute atomic E-state index is 0.892. The number of benzene rings is 2. The summed E-state index contributed by atoms with van der Waals surface area (Å²) < 4.78 is 0. The highest BCUT2D eigenvalue weighted by Gasteiger charge is 2.10. The van der Waals surface area contributed by atoms with Crippen LogP contribution in [0.4, 0.5) is 0 Å². The maximum Gasteiger partial charge on any atom is 0.0976 e. The predicted octanol–water partition coefficient (Wildman–Crippen LogP) is 3.70. The van der Waals surface area contributed by atoms with Gasteiger partial charge in [-0.15, -0.1) is 0 Å². The van der Waals surface area contributed by atoms with Crippen molar-refractivity contribution in [3.05, 3.63) is 83.9 Å². The van der Waals surface area contributed by atoms with E-state index in [-0.39, 0.29) is 0 Å². The van der Waals surface area contributed by atoms with Crippen molar-refractivity contribution in [1.29, 1.82) is 0 Å². The second-order valence-electron chi connectivity index (χ2n) is 4.85. The fourth-order valence-electron chi connectivity index (χ4n) is 2.34. The van der Waals surface area contributed by atoms with Crippen LogP contribution in [0.2, 0.25) is 0 Å². The van der Waals surface area contributed by atoms with Gasteiger partial charge in [0.1, 0.15) is 0 Å². The quantitative estimate of drug-likeness (QED) is 0.608. The van der Waals surface area contributed by atoms with E-state index in [4.69, 9.17) is 5.10 Å². The summed E-state index contributed by atoms with van der Waals surface area (Å²) in [5.41, 5.74) is 3.36. The average molecular weight is 262 g/mol. The summed E-state index contributed by atoms with van der Waals surface area (Å²) in [5, 5.41) is 7.01. The Labute approximate surface area is 120 Å². The Kier molecular flexibility index (Phi) is 3.93. The summed E-state index contributed by atoms with van der Waals surface area (Å²) in [7, 11) is 0. The SMILES string of the molecule is C1=CCN(N=C(c2ccccc2)c2ccccc2)CC1. The first kappa shape index (κ1) is 12.7. The Bertz CT molecular complexity index is 558. The molecule has 0 unspecified atom stereocenters. The summed E-state index contributed by atoms with van der Waals surface area (Å²) in [6, 6.07) is 20.8. The molecule has 0 amide bonds. The van der Waals surface area contributed by atoms with Crippen molar-refractivity contribution in [2.75, 3.05) is 13.1 Å². The number of rotatable bonds is 3. The third kappa shape index (κ3) is 2.97. The van der Waals surface area contributed by atoms with E-state index in [1.54, 1.807) is 0 Å². The maximum atomic E-state index is 4.87. The van der Waals surface area contributed by atoms with E-state index >= 15 is 0 Å². The fraction of sp³-hybridized carbons (Fsp3) is 0.167. The van der Waals surface area contributed by atoms with Gasteiger partial charge in [0.05, 0.1) is 12.3 Å². The van der Waals surface area contributed by atoms with Crippen molar-refractivity contribution < 1.29 is 0 Å². The first-order valence-corrected chi connectivity index (χ1v) is 7.03. The molecule has 0 spiro atoms. The zero-order valence-corrected chi connectivity index (χ0v) is 11.4. The van der Waals surface area contributed by atoms with Gasteiger partial charge in [0.2, 0.25) is 0 Å². The van der Waals surface area contributed by atoms with Gasteiger partial charge in [-0.25, -0.2) is 0 Å². The van der Waals surface area contributed by atoms with Gasteiger partial charge in [-0.1, -0.05) is 72.8 Å². The molecule has 0 saturated heterocycles. The van der Waals surface area contributed by atoms with Crippen LogP contribution in [-0.2, 0) is 0 Å². The van der Waals surface area contributed by atoms with Crippen LogP contribution in [0.15, 0.2) is 77.9 Å². The highest BCUT2D eigenvalue weighted by Crippen LogP contribution is 2.13. The van der Waals surface area contributed by atoms with Crippen molar-refractivity contribution in [3.63, 3.8) is 0 Å². The van der Waals surface area contributed by atoms with Crippen LogP contribution in [0.1, 0.15) is 17.5 Å². The lowest BCUT2D eigenvalue weighted by atomic mass is 10.0. The fourth-order valence-corrected chi connectivity index (χ4v) is 2.34. The Hall–Kier alpha value is -2.35. The molecule has 3 rings (SSSR count). The van der Waals surface area contributed by atoms with E-state index in [2.05, 4.69) is 65.7 Å². The van der Waals surface area contributed by atoms with Gasteiger partial charge in [0, 0.05) is 17.7 Å². The van der Waals surface area contributed by atoms with Crippen LogP contribution in [0, 0.1) is 0 Å². The molecule has 0 atom stereocenters. The van der Waals surface area contributed by atoms with Crippen molar-refractivity contribution in [1.82, 2.24) is 5.01 Å². The third-order valence-electron chi connectivity index (χ3n) is 3.37. The zero-order valence-electron chi connectivity index (χ0n) is 11.4. The van der Waals surface area contributed by atoms with E-state index in [9.17, 15) is 0 Å². The molecule has 100 valence electrons. The molecule has 2 heteroatoms. The molecular weight excluding hydrogens is 244 g/mol. The molecule has 0 aliphatic carbocycles. The Morgan fingerprint density at radius 3 is 1.90 bits per heavy atom. The molecule has 0 aromatic heterocycles. The van der Waals surface area contributed by atoms with E-state index in [1.165, 1.54) is 0 Å². The van der Waals surface area contributed by atoms with Crippen LogP contribution in [0.3, 0.4) is 0 Å². The van der Waals surface area contributed by atoms with Crippen LogP contribution in [0.5, 0.6) is 0 Å². The number of hydrazone groups is 1. The lowest BCUT2D eigenvalue weighted by molar-refractivity contribution is 0.316. The van der Waals surface area contributed by atoms with Crippen molar-refractivity contribution in [2.45, 2.75) is 6.42 Å². The average Bonchev–Trinajstić information content (AvgIpc) is 2.55. The highest BCUT2D eigenvalue weighted by molar-refractivity contribution is 6.12. The molecule has 0 saturated carbocycles. The Morgan fingerprint density at radius 1 is 0.800 bits per heavy atom. The summed E-state index contributed by atoms with van der Waals surface area (Å²) in [5.74, 6) is 0. The molecule has 2 aromatic rings. The van der Waals surface area contributed by atoms with Crippen LogP contribution in [-0.4, -0.2) is 23.8 Å². The van der Waals surface area contributed by atoms with Gasteiger partial charge in [-0.05, 0) is 6.42 Å². The van der Waals surface area contributed by atoms with E-state index in [1.807, 2.05) is 12.1 Å². The molecule has 1 heterocycles. The minimum Gasteiger partial charge on any atom is -0.292 e. The van der Waals surface area contributed by atoms with E-state index in [0.717, 1.165) is 36.3 Å². The van der Waals surface area contributed by atoms with Crippen molar-refractivity contribution in [3.8, 4) is 0 Å². The third-order valence-corrected chi connectivity index (χ3v) is 3.37. The van der Waals surface area contributed by atoms with Gasteiger partial charge in [-0.2, -0.15) is 5.10 Å². The Morgan fingerprint density at radius 2 is 1.40 bits per heavy atom. The second-order valence-corrected chi connectivity index (χ2v) is 4.85. The maximum absolute atomic E-state index is 4.87. The molecule has 1 aliphatic rings. The molecule has 0 bridgehead atoms. The molecule has 2 nitrogen and oxygen atoms in total. The smallest absolute Gasteiger partial charge is 0.0976 e.